The molecular weight excluding hydrogens is 372 g/mol. The van der Waals surface area contributed by atoms with Crippen molar-refractivity contribution in [2.45, 2.75) is 19.8 Å². The molecule has 2 aromatic carbocycles. The topological polar surface area (TPSA) is 67.4 Å². The molecule has 24 heavy (non-hydrogen) atoms. The van der Waals surface area contributed by atoms with E-state index < -0.39 is 0 Å². The third kappa shape index (κ3) is 5.38. The van der Waals surface area contributed by atoms with Gasteiger partial charge in [-0.2, -0.15) is 0 Å². The predicted molar refractivity (Wildman–Crippen MR) is 98.4 cm³/mol. The highest BCUT2D eigenvalue weighted by molar-refractivity contribution is 9.10. The number of carbonyl (C=O) groups is 2. The van der Waals surface area contributed by atoms with Crippen LogP contribution >= 0.6 is 15.9 Å². The van der Waals surface area contributed by atoms with Crippen molar-refractivity contribution in [1.82, 2.24) is 0 Å². The molecule has 0 bridgehead atoms. The van der Waals surface area contributed by atoms with Gasteiger partial charge in [-0.1, -0.05) is 6.07 Å². The van der Waals surface area contributed by atoms with Gasteiger partial charge in [0, 0.05) is 24.7 Å². The largest absolute Gasteiger partial charge is 0.496 e. The Morgan fingerprint density at radius 3 is 2.21 bits per heavy atom. The second kappa shape index (κ2) is 8.49. The zero-order valence-corrected chi connectivity index (χ0v) is 15.1. The maximum atomic E-state index is 12.0. The van der Waals surface area contributed by atoms with E-state index >= 15 is 0 Å². The van der Waals surface area contributed by atoms with Gasteiger partial charge >= 0.3 is 0 Å². The molecule has 0 aliphatic heterocycles. The van der Waals surface area contributed by atoms with Crippen molar-refractivity contribution in [2.24, 2.45) is 0 Å². The monoisotopic (exact) mass is 390 g/mol. The number of benzene rings is 2. The second-order valence-electron chi connectivity index (χ2n) is 5.28. The highest BCUT2D eigenvalue weighted by Crippen LogP contribution is 2.26. The molecule has 0 aromatic heterocycles. The first-order chi connectivity index (χ1) is 11.5. The summed E-state index contributed by atoms with van der Waals surface area (Å²) in [4.78, 5) is 23.0. The van der Waals surface area contributed by atoms with Gasteiger partial charge in [0.2, 0.25) is 11.8 Å². The lowest BCUT2D eigenvalue weighted by molar-refractivity contribution is -0.116. The van der Waals surface area contributed by atoms with E-state index in [0.29, 0.717) is 24.2 Å². The maximum absolute atomic E-state index is 12.0. The highest BCUT2D eigenvalue weighted by atomic mass is 79.9. The zero-order valence-electron chi connectivity index (χ0n) is 13.6. The molecule has 0 saturated carbocycles. The van der Waals surface area contributed by atoms with Gasteiger partial charge in [-0.25, -0.2) is 0 Å². The number of rotatable bonds is 6. The molecule has 5 nitrogen and oxygen atoms in total. The zero-order chi connectivity index (χ0) is 17.5. The molecule has 0 radical (unpaired) electrons. The quantitative estimate of drug-likeness (QED) is 0.783. The van der Waals surface area contributed by atoms with Crippen LogP contribution in [0.2, 0.25) is 0 Å². The number of nitrogens with one attached hydrogen (secondary N) is 2. The summed E-state index contributed by atoms with van der Waals surface area (Å²) in [6.45, 7) is 1.45. The average molecular weight is 391 g/mol. The molecule has 126 valence electrons. The summed E-state index contributed by atoms with van der Waals surface area (Å²) in [5, 5.41) is 5.52. The van der Waals surface area contributed by atoms with Crippen molar-refractivity contribution in [3.05, 3.63) is 52.5 Å². The smallest absolute Gasteiger partial charge is 0.224 e. The number of aryl methyl sites for hydroxylation is 1. The average Bonchev–Trinajstić information content (AvgIpc) is 2.54. The summed E-state index contributed by atoms with van der Waals surface area (Å²) in [5.74, 6) is 0.578. The summed E-state index contributed by atoms with van der Waals surface area (Å²) in [6, 6.07) is 12.8. The Bertz CT molecular complexity index is 730. The predicted octanol–water partition coefficient (Wildman–Crippen LogP) is 3.99. The van der Waals surface area contributed by atoms with E-state index in [4.69, 9.17) is 4.74 Å². The fourth-order valence-electron chi connectivity index (χ4n) is 2.19. The van der Waals surface area contributed by atoms with Crippen LogP contribution in [-0.4, -0.2) is 18.9 Å². The second-order valence-corrected chi connectivity index (χ2v) is 6.13. The van der Waals surface area contributed by atoms with Crippen molar-refractivity contribution in [2.75, 3.05) is 17.7 Å². The van der Waals surface area contributed by atoms with Gasteiger partial charge in [0.15, 0.2) is 0 Å². The minimum Gasteiger partial charge on any atom is -0.496 e. The van der Waals surface area contributed by atoms with Crippen LogP contribution in [-0.2, 0) is 16.0 Å². The maximum Gasteiger partial charge on any atom is 0.224 e. The number of ether oxygens (including phenoxy) is 1. The molecule has 0 heterocycles. The van der Waals surface area contributed by atoms with Crippen LogP contribution in [0.15, 0.2) is 46.9 Å². The number of methoxy groups -OCH3 is 1. The van der Waals surface area contributed by atoms with E-state index in [1.165, 1.54) is 6.92 Å². The summed E-state index contributed by atoms with van der Waals surface area (Å²) >= 11 is 3.44. The van der Waals surface area contributed by atoms with Crippen LogP contribution in [0.5, 0.6) is 5.75 Å². The van der Waals surface area contributed by atoms with E-state index in [0.717, 1.165) is 15.8 Å². The van der Waals surface area contributed by atoms with Gasteiger partial charge in [-0.15, -0.1) is 0 Å². The van der Waals surface area contributed by atoms with E-state index in [9.17, 15) is 9.59 Å². The Labute approximate surface area is 149 Å². The molecule has 0 aliphatic carbocycles. The normalized spacial score (nSPS) is 10.1. The number of hydrogen-bond donors (Lipinski definition) is 2. The van der Waals surface area contributed by atoms with E-state index in [-0.39, 0.29) is 11.8 Å². The molecule has 0 spiro atoms. The van der Waals surface area contributed by atoms with E-state index in [1.807, 2.05) is 18.2 Å². The standard InChI is InChI=1S/C18H19BrN2O3/c1-12(22)20-14-5-7-15(8-6-14)21-18(23)10-4-13-3-9-17(24-2)16(19)11-13/h3,5-9,11H,4,10H2,1-2H3,(H,20,22)(H,21,23). The third-order valence-electron chi connectivity index (χ3n) is 3.35. The lowest BCUT2D eigenvalue weighted by Gasteiger charge is -2.08. The van der Waals surface area contributed by atoms with Crippen molar-refractivity contribution in [3.63, 3.8) is 0 Å². The first kappa shape index (κ1) is 18.0. The Kier molecular flexibility index (Phi) is 6.37. The van der Waals surface area contributed by atoms with Gasteiger partial charge < -0.3 is 15.4 Å². The van der Waals surface area contributed by atoms with Crippen molar-refractivity contribution >= 4 is 39.1 Å². The van der Waals surface area contributed by atoms with Gasteiger partial charge in [-0.3, -0.25) is 9.59 Å². The lowest BCUT2D eigenvalue weighted by Crippen LogP contribution is -2.12. The molecule has 0 unspecified atom stereocenters. The van der Waals surface area contributed by atoms with Crippen LogP contribution < -0.4 is 15.4 Å². The van der Waals surface area contributed by atoms with Crippen LogP contribution in [0.3, 0.4) is 0 Å². The first-order valence-electron chi connectivity index (χ1n) is 7.48. The van der Waals surface area contributed by atoms with Crippen LogP contribution in [0.1, 0.15) is 18.9 Å². The molecule has 2 aromatic rings. The molecule has 2 N–H and O–H groups in total. The molecule has 0 fully saturated rings. The summed E-state index contributed by atoms with van der Waals surface area (Å²) < 4.78 is 6.06. The Morgan fingerprint density at radius 1 is 1.04 bits per heavy atom. The summed E-state index contributed by atoms with van der Waals surface area (Å²) in [7, 11) is 1.62. The Morgan fingerprint density at radius 2 is 1.67 bits per heavy atom. The molecule has 0 atom stereocenters. The van der Waals surface area contributed by atoms with Crippen LogP contribution in [0.4, 0.5) is 11.4 Å². The number of amides is 2. The third-order valence-corrected chi connectivity index (χ3v) is 3.97. The van der Waals surface area contributed by atoms with Crippen molar-refractivity contribution in [3.8, 4) is 5.75 Å². The van der Waals surface area contributed by atoms with Crippen LogP contribution in [0, 0.1) is 0 Å². The van der Waals surface area contributed by atoms with Gasteiger partial charge in [0.05, 0.1) is 11.6 Å². The highest BCUT2D eigenvalue weighted by Gasteiger charge is 2.06. The SMILES string of the molecule is COc1ccc(CCC(=O)Nc2ccc(NC(C)=O)cc2)cc1Br. The summed E-state index contributed by atoms with van der Waals surface area (Å²) in [5.41, 5.74) is 2.45. The fraction of sp³-hybridized carbons (Fsp3) is 0.222. The number of halogens is 1. The molecule has 2 rings (SSSR count). The number of hydrogen-bond acceptors (Lipinski definition) is 3. The minimum atomic E-state index is -0.127. The lowest BCUT2D eigenvalue weighted by atomic mass is 10.1. The summed E-state index contributed by atoms with van der Waals surface area (Å²) in [6.07, 6.45) is 1.02. The fourth-order valence-corrected chi connectivity index (χ4v) is 2.77. The molecule has 6 heteroatoms. The van der Waals surface area contributed by atoms with Crippen molar-refractivity contribution in [1.29, 1.82) is 0 Å². The van der Waals surface area contributed by atoms with Crippen LogP contribution in [0.25, 0.3) is 0 Å². The molecule has 0 aliphatic rings. The Balaban J connectivity index is 1.87. The first-order valence-corrected chi connectivity index (χ1v) is 8.27. The Hall–Kier alpha value is -2.34. The van der Waals surface area contributed by atoms with E-state index in [1.54, 1.807) is 31.4 Å². The molecule has 2 amide bonds. The molecule has 0 saturated heterocycles. The van der Waals surface area contributed by atoms with Crippen molar-refractivity contribution < 1.29 is 14.3 Å². The van der Waals surface area contributed by atoms with Gasteiger partial charge in [0.25, 0.3) is 0 Å². The number of anilines is 2. The van der Waals surface area contributed by atoms with E-state index in [2.05, 4.69) is 26.6 Å². The minimum absolute atomic E-state index is 0.0609. The molecular formula is C18H19BrN2O3. The van der Waals surface area contributed by atoms with Gasteiger partial charge in [-0.05, 0) is 64.3 Å². The number of carbonyl (C=O) groups excluding carboxylic acids is 2. The van der Waals surface area contributed by atoms with Gasteiger partial charge in [0.1, 0.15) is 5.75 Å².